The topological polar surface area (TPSA) is 71.0 Å². The third-order valence-corrected chi connectivity index (χ3v) is 3.67. The minimum Gasteiger partial charge on any atom is -0.504 e. The van der Waals surface area contributed by atoms with Crippen molar-refractivity contribution in [3.8, 4) is 11.5 Å². The van der Waals surface area contributed by atoms with Gasteiger partial charge >= 0.3 is 0 Å². The number of ether oxygens (including phenoxy) is 2. The summed E-state index contributed by atoms with van der Waals surface area (Å²) in [5.41, 5.74) is 1.13. The van der Waals surface area contributed by atoms with Crippen LogP contribution in [-0.2, 0) is 9.53 Å². The summed E-state index contributed by atoms with van der Waals surface area (Å²) in [5.74, 6) is 0.230. The minimum atomic E-state index is -0.168. The molecule has 0 aliphatic carbocycles. The van der Waals surface area contributed by atoms with E-state index in [1.165, 1.54) is 18.1 Å². The average molecular weight is 336 g/mol. The molecule has 1 amide bonds. The Bertz CT molecular complexity index is 631. The Labute approximate surface area is 140 Å². The Hall–Kier alpha value is -2.12. The SMILES string of the molecule is CCOCCCN1C(=O)/C(=C\c2ccc(O)c(OC)c2)NC1=S. The number of carbonyl (C=O) groups is 1. The van der Waals surface area contributed by atoms with E-state index in [0.29, 0.717) is 36.3 Å². The lowest BCUT2D eigenvalue weighted by atomic mass is 10.1. The summed E-state index contributed by atoms with van der Waals surface area (Å²) in [5, 5.41) is 12.9. The number of hydrogen-bond acceptors (Lipinski definition) is 5. The van der Waals surface area contributed by atoms with Crippen molar-refractivity contribution in [3.63, 3.8) is 0 Å². The maximum Gasteiger partial charge on any atom is 0.276 e. The lowest BCUT2D eigenvalue weighted by Gasteiger charge is -2.13. The van der Waals surface area contributed by atoms with E-state index in [1.54, 1.807) is 18.2 Å². The van der Waals surface area contributed by atoms with Gasteiger partial charge in [0.25, 0.3) is 5.91 Å². The number of aromatic hydroxyl groups is 1. The number of nitrogens with one attached hydrogen (secondary N) is 1. The predicted octanol–water partition coefficient (Wildman–Crippen LogP) is 1.89. The molecule has 1 heterocycles. The Morgan fingerprint density at radius 2 is 2.22 bits per heavy atom. The monoisotopic (exact) mass is 336 g/mol. The number of carbonyl (C=O) groups excluding carboxylic acids is 1. The molecule has 0 unspecified atom stereocenters. The first-order valence-electron chi connectivity index (χ1n) is 7.36. The average Bonchev–Trinajstić information content (AvgIpc) is 2.80. The van der Waals surface area contributed by atoms with Gasteiger partial charge < -0.3 is 19.9 Å². The molecule has 0 radical (unpaired) electrons. The van der Waals surface area contributed by atoms with Crippen molar-refractivity contribution >= 4 is 29.3 Å². The first-order chi connectivity index (χ1) is 11.1. The highest BCUT2D eigenvalue weighted by Crippen LogP contribution is 2.27. The van der Waals surface area contributed by atoms with Gasteiger partial charge in [-0.05, 0) is 49.3 Å². The molecule has 0 spiro atoms. The number of hydrogen-bond donors (Lipinski definition) is 2. The molecule has 2 rings (SSSR count). The maximum absolute atomic E-state index is 12.4. The van der Waals surface area contributed by atoms with Crippen LogP contribution >= 0.6 is 12.2 Å². The highest BCUT2D eigenvalue weighted by molar-refractivity contribution is 7.80. The second-order valence-electron chi connectivity index (χ2n) is 4.93. The van der Waals surface area contributed by atoms with Gasteiger partial charge in [0.2, 0.25) is 0 Å². The Balaban J connectivity index is 2.09. The smallest absolute Gasteiger partial charge is 0.276 e. The number of thiocarbonyl (C=S) groups is 1. The van der Waals surface area contributed by atoms with Crippen molar-refractivity contribution in [2.75, 3.05) is 26.9 Å². The third kappa shape index (κ3) is 4.20. The van der Waals surface area contributed by atoms with Crippen LogP contribution in [0.2, 0.25) is 0 Å². The van der Waals surface area contributed by atoms with Crippen molar-refractivity contribution < 1.29 is 19.4 Å². The van der Waals surface area contributed by atoms with Crippen LogP contribution in [0.15, 0.2) is 23.9 Å². The maximum atomic E-state index is 12.4. The highest BCUT2D eigenvalue weighted by Gasteiger charge is 2.30. The molecule has 2 N–H and O–H groups in total. The van der Waals surface area contributed by atoms with Gasteiger partial charge in [-0.25, -0.2) is 0 Å². The molecule has 0 aromatic heterocycles. The van der Waals surface area contributed by atoms with Crippen LogP contribution < -0.4 is 10.1 Å². The number of phenols is 1. The molecule has 1 fully saturated rings. The van der Waals surface area contributed by atoms with E-state index in [-0.39, 0.29) is 11.7 Å². The number of amides is 1. The van der Waals surface area contributed by atoms with Crippen molar-refractivity contribution in [1.29, 1.82) is 0 Å². The molecule has 1 aromatic carbocycles. The normalized spacial score (nSPS) is 16.1. The third-order valence-electron chi connectivity index (χ3n) is 3.35. The van der Waals surface area contributed by atoms with Crippen molar-refractivity contribution in [2.45, 2.75) is 13.3 Å². The number of phenolic OH excluding ortho intramolecular Hbond substituents is 1. The molecule has 1 aromatic rings. The summed E-state index contributed by atoms with van der Waals surface area (Å²) >= 11 is 5.21. The zero-order valence-electron chi connectivity index (χ0n) is 13.2. The molecule has 1 aliphatic rings. The van der Waals surface area contributed by atoms with Gasteiger partial charge in [0.05, 0.1) is 7.11 Å². The summed E-state index contributed by atoms with van der Waals surface area (Å²) in [6, 6.07) is 4.86. The van der Waals surface area contributed by atoms with E-state index in [0.717, 1.165) is 12.0 Å². The number of methoxy groups -OCH3 is 1. The van der Waals surface area contributed by atoms with Crippen LogP contribution in [-0.4, -0.2) is 47.9 Å². The highest BCUT2D eigenvalue weighted by atomic mass is 32.1. The Morgan fingerprint density at radius 1 is 1.43 bits per heavy atom. The van der Waals surface area contributed by atoms with Crippen LogP contribution in [0.5, 0.6) is 11.5 Å². The summed E-state index contributed by atoms with van der Waals surface area (Å²) in [4.78, 5) is 13.9. The van der Waals surface area contributed by atoms with E-state index in [4.69, 9.17) is 21.7 Å². The fraction of sp³-hybridized carbons (Fsp3) is 0.375. The van der Waals surface area contributed by atoms with Gasteiger partial charge in [-0.3, -0.25) is 9.69 Å². The first-order valence-corrected chi connectivity index (χ1v) is 7.77. The molecule has 6 nitrogen and oxygen atoms in total. The molecule has 0 saturated carbocycles. The van der Waals surface area contributed by atoms with Crippen LogP contribution in [0.3, 0.4) is 0 Å². The summed E-state index contributed by atoms with van der Waals surface area (Å²) in [6.45, 7) is 3.70. The zero-order chi connectivity index (χ0) is 16.8. The quantitative estimate of drug-likeness (QED) is 0.450. The van der Waals surface area contributed by atoms with Crippen LogP contribution in [0.25, 0.3) is 6.08 Å². The lowest BCUT2D eigenvalue weighted by Crippen LogP contribution is -2.32. The summed E-state index contributed by atoms with van der Waals surface area (Å²) < 4.78 is 10.3. The Kier molecular flexibility index (Phi) is 5.95. The fourth-order valence-corrected chi connectivity index (χ4v) is 2.48. The molecule has 1 aliphatic heterocycles. The number of benzene rings is 1. The molecular weight excluding hydrogens is 316 g/mol. The van der Waals surface area contributed by atoms with Gasteiger partial charge in [0.15, 0.2) is 16.6 Å². The van der Waals surface area contributed by atoms with Crippen molar-refractivity contribution in [1.82, 2.24) is 10.2 Å². The zero-order valence-corrected chi connectivity index (χ0v) is 14.0. The van der Waals surface area contributed by atoms with Crippen molar-refractivity contribution in [2.24, 2.45) is 0 Å². The van der Waals surface area contributed by atoms with E-state index in [2.05, 4.69) is 5.32 Å². The first kappa shape index (κ1) is 17.2. The molecule has 0 atom stereocenters. The number of rotatable bonds is 7. The van der Waals surface area contributed by atoms with Gasteiger partial charge in [-0.15, -0.1) is 0 Å². The number of nitrogens with zero attached hydrogens (tertiary/aromatic N) is 1. The fourth-order valence-electron chi connectivity index (χ4n) is 2.19. The second kappa shape index (κ2) is 7.94. The van der Waals surface area contributed by atoms with E-state index >= 15 is 0 Å². The largest absolute Gasteiger partial charge is 0.504 e. The van der Waals surface area contributed by atoms with Gasteiger partial charge in [-0.2, -0.15) is 0 Å². The Morgan fingerprint density at radius 3 is 2.91 bits per heavy atom. The predicted molar refractivity (Wildman–Crippen MR) is 91.2 cm³/mol. The second-order valence-corrected chi connectivity index (χ2v) is 5.31. The minimum absolute atomic E-state index is 0.0495. The van der Waals surface area contributed by atoms with Crippen LogP contribution in [0.4, 0.5) is 0 Å². The molecule has 1 saturated heterocycles. The van der Waals surface area contributed by atoms with Gasteiger partial charge in [0.1, 0.15) is 5.70 Å². The van der Waals surface area contributed by atoms with Crippen LogP contribution in [0.1, 0.15) is 18.9 Å². The van der Waals surface area contributed by atoms with E-state index in [1.807, 2.05) is 6.92 Å². The lowest BCUT2D eigenvalue weighted by molar-refractivity contribution is -0.122. The van der Waals surface area contributed by atoms with E-state index in [9.17, 15) is 9.90 Å². The summed E-state index contributed by atoms with van der Waals surface area (Å²) in [6.07, 6.45) is 2.40. The molecular formula is C16H20N2O4S. The molecule has 124 valence electrons. The standard InChI is InChI=1S/C16H20N2O4S/c1-3-22-8-4-7-18-15(20)12(17-16(18)23)9-11-5-6-13(19)14(10-11)21-2/h5-6,9-10,19H,3-4,7-8H2,1-2H3,(H,17,23)/b12-9+. The van der Waals surface area contributed by atoms with Crippen LogP contribution in [0, 0.1) is 0 Å². The molecule has 7 heteroatoms. The molecule has 0 bridgehead atoms. The molecule has 23 heavy (non-hydrogen) atoms. The summed E-state index contributed by atoms with van der Waals surface area (Å²) in [7, 11) is 1.47. The van der Waals surface area contributed by atoms with Gasteiger partial charge in [0, 0.05) is 19.8 Å². The van der Waals surface area contributed by atoms with Crippen molar-refractivity contribution in [3.05, 3.63) is 29.5 Å². The van der Waals surface area contributed by atoms with E-state index < -0.39 is 0 Å². The van der Waals surface area contributed by atoms with Gasteiger partial charge in [-0.1, -0.05) is 6.07 Å².